The van der Waals surface area contributed by atoms with E-state index in [1.807, 2.05) is 0 Å². The van der Waals surface area contributed by atoms with Crippen molar-refractivity contribution in [1.29, 1.82) is 0 Å². The molecule has 2 rings (SSSR count). The SMILES string of the molecule is O=C(Nc1c(F)cccc1Br)c1cc(Cl)ncc1[N+](=O)[O-]. The number of hydrogen-bond donors (Lipinski definition) is 1. The van der Waals surface area contributed by atoms with Gasteiger partial charge in [-0.25, -0.2) is 9.37 Å². The highest BCUT2D eigenvalue weighted by atomic mass is 79.9. The number of pyridine rings is 1. The first-order chi connectivity index (χ1) is 9.90. The van der Waals surface area contributed by atoms with Crippen molar-refractivity contribution in [2.75, 3.05) is 5.32 Å². The van der Waals surface area contributed by atoms with Gasteiger partial charge in [-0.2, -0.15) is 0 Å². The second-order valence-corrected chi connectivity index (χ2v) is 5.07. The number of nitrogens with one attached hydrogen (secondary N) is 1. The summed E-state index contributed by atoms with van der Waals surface area (Å²) >= 11 is 8.72. The molecule has 0 aliphatic carbocycles. The molecule has 108 valence electrons. The Bertz CT molecular complexity index is 721. The van der Waals surface area contributed by atoms with Crippen LogP contribution in [0.1, 0.15) is 10.4 Å². The highest BCUT2D eigenvalue weighted by Gasteiger charge is 2.22. The van der Waals surface area contributed by atoms with Crippen LogP contribution in [0.25, 0.3) is 0 Å². The number of benzene rings is 1. The van der Waals surface area contributed by atoms with Crippen molar-refractivity contribution in [3.63, 3.8) is 0 Å². The molecule has 1 heterocycles. The summed E-state index contributed by atoms with van der Waals surface area (Å²) in [5.41, 5.74) is -0.954. The van der Waals surface area contributed by atoms with Crippen molar-refractivity contribution in [2.45, 2.75) is 0 Å². The summed E-state index contributed by atoms with van der Waals surface area (Å²) < 4.78 is 14.0. The van der Waals surface area contributed by atoms with E-state index in [9.17, 15) is 19.3 Å². The van der Waals surface area contributed by atoms with E-state index >= 15 is 0 Å². The standard InChI is InChI=1S/C12H6BrClFN3O3/c13-7-2-1-3-8(15)11(7)17-12(19)6-4-10(14)16-5-9(6)18(20)21/h1-5H,(H,17,19). The minimum absolute atomic E-state index is 0.0849. The van der Waals surface area contributed by atoms with Crippen LogP contribution in [0.5, 0.6) is 0 Å². The monoisotopic (exact) mass is 373 g/mol. The summed E-state index contributed by atoms with van der Waals surface area (Å²) in [4.78, 5) is 25.8. The Labute approximate surface area is 131 Å². The Morgan fingerprint density at radius 2 is 2.19 bits per heavy atom. The van der Waals surface area contributed by atoms with E-state index in [-0.39, 0.29) is 16.4 Å². The molecule has 0 unspecified atom stereocenters. The Balaban J connectivity index is 2.41. The van der Waals surface area contributed by atoms with Gasteiger partial charge in [-0.1, -0.05) is 17.7 Å². The molecule has 0 fully saturated rings. The molecule has 1 amide bonds. The maximum atomic E-state index is 13.6. The predicted octanol–water partition coefficient (Wildman–Crippen LogP) is 3.80. The van der Waals surface area contributed by atoms with E-state index in [1.54, 1.807) is 0 Å². The fourth-order valence-corrected chi connectivity index (χ4v) is 2.15. The van der Waals surface area contributed by atoms with Crippen LogP contribution in [0.4, 0.5) is 15.8 Å². The molecule has 0 spiro atoms. The predicted molar refractivity (Wildman–Crippen MR) is 78.0 cm³/mol. The zero-order valence-corrected chi connectivity index (χ0v) is 12.5. The lowest BCUT2D eigenvalue weighted by Crippen LogP contribution is -2.15. The zero-order valence-electron chi connectivity index (χ0n) is 10.1. The molecule has 0 radical (unpaired) electrons. The van der Waals surface area contributed by atoms with Crippen molar-refractivity contribution in [3.05, 3.63) is 61.6 Å². The summed E-state index contributed by atoms with van der Waals surface area (Å²) in [6.07, 6.45) is 0.869. The van der Waals surface area contributed by atoms with Crippen molar-refractivity contribution < 1.29 is 14.1 Å². The van der Waals surface area contributed by atoms with Crippen LogP contribution in [-0.2, 0) is 0 Å². The smallest absolute Gasteiger partial charge is 0.300 e. The van der Waals surface area contributed by atoms with E-state index < -0.39 is 22.3 Å². The highest BCUT2D eigenvalue weighted by molar-refractivity contribution is 9.10. The molecule has 0 bridgehead atoms. The first-order valence-corrected chi connectivity index (χ1v) is 6.62. The molecule has 2 aromatic rings. The van der Waals surface area contributed by atoms with Crippen molar-refractivity contribution >= 4 is 44.8 Å². The summed E-state index contributed by atoms with van der Waals surface area (Å²) in [5.74, 6) is -1.54. The van der Waals surface area contributed by atoms with Gasteiger partial charge in [0.05, 0.1) is 10.6 Å². The van der Waals surface area contributed by atoms with Gasteiger partial charge >= 0.3 is 0 Å². The van der Waals surface area contributed by atoms with E-state index in [0.29, 0.717) is 4.47 Å². The maximum absolute atomic E-state index is 13.6. The number of carbonyl (C=O) groups is 1. The number of nitro groups is 1. The van der Waals surface area contributed by atoms with Crippen LogP contribution in [0.15, 0.2) is 34.9 Å². The molecule has 0 aliphatic rings. The molecule has 1 aromatic carbocycles. The number of anilines is 1. The fourth-order valence-electron chi connectivity index (χ4n) is 1.55. The van der Waals surface area contributed by atoms with Crippen LogP contribution in [0, 0.1) is 15.9 Å². The lowest BCUT2D eigenvalue weighted by molar-refractivity contribution is -0.385. The van der Waals surface area contributed by atoms with Gasteiger partial charge in [0.15, 0.2) is 0 Å². The first kappa shape index (κ1) is 15.3. The average Bonchev–Trinajstić information content (AvgIpc) is 2.42. The summed E-state index contributed by atoms with van der Waals surface area (Å²) in [5, 5.41) is 13.1. The third-order valence-electron chi connectivity index (χ3n) is 2.49. The van der Waals surface area contributed by atoms with Crippen LogP contribution >= 0.6 is 27.5 Å². The molecule has 0 aliphatic heterocycles. The Morgan fingerprint density at radius 1 is 1.48 bits per heavy atom. The molecule has 6 nitrogen and oxygen atoms in total. The Hall–Kier alpha value is -2.06. The summed E-state index contributed by atoms with van der Waals surface area (Å²) in [6.45, 7) is 0. The van der Waals surface area contributed by atoms with Gasteiger partial charge < -0.3 is 5.32 Å². The molecule has 1 aromatic heterocycles. The van der Waals surface area contributed by atoms with Crippen molar-refractivity contribution in [1.82, 2.24) is 4.98 Å². The zero-order chi connectivity index (χ0) is 15.6. The van der Waals surface area contributed by atoms with Crippen molar-refractivity contribution in [3.8, 4) is 0 Å². The lowest BCUT2D eigenvalue weighted by atomic mass is 10.2. The second kappa shape index (κ2) is 6.15. The molecular formula is C12H6BrClFN3O3. The van der Waals surface area contributed by atoms with Gasteiger partial charge in [-0.15, -0.1) is 0 Å². The molecule has 0 atom stereocenters. The topological polar surface area (TPSA) is 85.1 Å². The number of nitrogens with zero attached hydrogens (tertiary/aromatic N) is 2. The molecule has 0 saturated heterocycles. The summed E-state index contributed by atoms with van der Waals surface area (Å²) in [7, 11) is 0. The van der Waals surface area contributed by atoms with Crippen LogP contribution in [-0.4, -0.2) is 15.8 Å². The number of para-hydroxylation sites is 1. The average molecular weight is 375 g/mol. The minimum Gasteiger partial charge on any atom is -0.318 e. The van der Waals surface area contributed by atoms with Gasteiger partial charge in [-0.3, -0.25) is 14.9 Å². The van der Waals surface area contributed by atoms with E-state index in [4.69, 9.17) is 11.6 Å². The van der Waals surface area contributed by atoms with Crippen LogP contribution < -0.4 is 5.32 Å². The largest absolute Gasteiger partial charge is 0.318 e. The third kappa shape index (κ3) is 3.34. The van der Waals surface area contributed by atoms with E-state index in [1.165, 1.54) is 12.1 Å². The molecule has 1 N–H and O–H groups in total. The normalized spacial score (nSPS) is 10.2. The number of rotatable bonds is 3. The first-order valence-electron chi connectivity index (χ1n) is 5.45. The Morgan fingerprint density at radius 3 is 2.81 bits per heavy atom. The van der Waals surface area contributed by atoms with Crippen molar-refractivity contribution in [2.24, 2.45) is 0 Å². The lowest BCUT2D eigenvalue weighted by Gasteiger charge is -2.08. The van der Waals surface area contributed by atoms with Crippen LogP contribution in [0.2, 0.25) is 5.15 Å². The quantitative estimate of drug-likeness (QED) is 0.503. The number of carbonyl (C=O) groups excluding carboxylic acids is 1. The maximum Gasteiger partial charge on any atom is 0.300 e. The Kier molecular flexibility index (Phi) is 4.49. The molecule has 21 heavy (non-hydrogen) atoms. The van der Waals surface area contributed by atoms with Gasteiger partial charge in [0.25, 0.3) is 11.6 Å². The number of halogens is 3. The van der Waals surface area contributed by atoms with Crippen LogP contribution in [0.3, 0.4) is 0 Å². The van der Waals surface area contributed by atoms with Gasteiger partial charge in [0.1, 0.15) is 22.7 Å². The molecule has 9 heteroatoms. The number of aromatic nitrogens is 1. The molecular weight excluding hydrogens is 369 g/mol. The third-order valence-corrected chi connectivity index (χ3v) is 3.36. The van der Waals surface area contributed by atoms with Gasteiger partial charge in [0.2, 0.25) is 0 Å². The fraction of sp³-hybridized carbons (Fsp3) is 0. The van der Waals surface area contributed by atoms with Gasteiger partial charge in [0, 0.05) is 4.47 Å². The second-order valence-electron chi connectivity index (χ2n) is 3.83. The van der Waals surface area contributed by atoms with E-state index in [0.717, 1.165) is 18.3 Å². The minimum atomic E-state index is -0.864. The highest BCUT2D eigenvalue weighted by Crippen LogP contribution is 2.27. The van der Waals surface area contributed by atoms with Gasteiger partial charge in [-0.05, 0) is 34.1 Å². The molecule has 0 saturated carbocycles. The number of hydrogen-bond acceptors (Lipinski definition) is 4. The summed E-state index contributed by atoms with van der Waals surface area (Å²) in [6, 6.07) is 5.16. The van der Waals surface area contributed by atoms with E-state index in [2.05, 4.69) is 26.2 Å². The number of amides is 1.